The number of hydrogen-bond donors (Lipinski definition) is 1. The van der Waals surface area contributed by atoms with Gasteiger partial charge in [0.25, 0.3) is 0 Å². The molecule has 1 heterocycles. The van der Waals surface area contributed by atoms with Crippen molar-refractivity contribution >= 4 is 11.0 Å². The first-order valence-electron chi connectivity index (χ1n) is 7.06. The van der Waals surface area contributed by atoms with Gasteiger partial charge in [-0.2, -0.15) is 0 Å². The smallest absolute Gasteiger partial charge is 0.134 e. The van der Waals surface area contributed by atoms with E-state index in [2.05, 4.69) is 31.3 Å². The number of para-hydroxylation sites is 1. The topological polar surface area (TPSA) is 25.2 Å². The molecule has 1 N–H and O–H groups in total. The number of hydrogen-bond acceptors (Lipinski definition) is 2. The predicted molar refractivity (Wildman–Crippen MR) is 76.8 cm³/mol. The second-order valence-corrected chi connectivity index (χ2v) is 4.84. The summed E-state index contributed by atoms with van der Waals surface area (Å²) in [4.78, 5) is 0. The van der Waals surface area contributed by atoms with Crippen LogP contribution >= 0.6 is 0 Å². The first-order chi connectivity index (χ1) is 8.86. The summed E-state index contributed by atoms with van der Waals surface area (Å²) in [5.41, 5.74) is 2.31. The minimum atomic E-state index is 0.425. The van der Waals surface area contributed by atoms with Crippen molar-refractivity contribution in [2.45, 2.75) is 45.6 Å². The first kappa shape index (κ1) is 13.2. The van der Waals surface area contributed by atoms with Crippen LogP contribution in [0.5, 0.6) is 0 Å². The molecule has 98 valence electrons. The summed E-state index contributed by atoms with van der Waals surface area (Å²) in [5, 5.41) is 4.89. The molecule has 0 spiro atoms. The molecule has 0 amide bonds. The van der Waals surface area contributed by atoms with Gasteiger partial charge in [-0.15, -0.1) is 0 Å². The molecule has 2 heteroatoms. The molecule has 0 saturated heterocycles. The fraction of sp³-hybridized carbons (Fsp3) is 0.500. The number of benzene rings is 1. The van der Waals surface area contributed by atoms with Crippen molar-refractivity contribution in [3.05, 3.63) is 36.1 Å². The summed E-state index contributed by atoms with van der Waals surface area (Å²) >= 11 is 0. The summed E-state index contributed by atoms with van der Waals surface area (Å²) in [7, 11) is 0. The van der Waals surface area contributed by atoms with Crippen LogP contribution in [0.25, 0.3) is 11.0 Å². The monoisotopic (exact) mass is 245 g/mol. The molecule has 2 aromatic rings. The number of nitrogens with one attached hydrogen (secondary N) is 1. The van der Waals surface area contributed by atoms with Crippen LogP contribution in [0.1, 0.15) is 51.1 Å². The Morgan fingerprint density at radius 1 is 1.17 bits per heavy atom. The summed E-state index contributed by atoms with van der Waals surface area (Å²) in [6.45, 7) is 5.51. The van der Waals surface area contributed by atoms with Crippen molar-refractivity contribution in [1.29, 1.82) is 0 Å². The number of furan rings is 1. The molecule has 0 bridgehead atoms. The minimum Gasteiger partial charge on any atom is -0.464 e. The van der Waals surface area contributed by atoms with Crippen molar-refractivity contribution in [3.8, 4) is 0 Å². The predicted octanol–water partition coefficient (Wildman–Crippen LogP) is 4.66. The molecule has 1 aromatic heterocycles. The second kappa shape index (κ2) is 6.60. The lowest BCUT2D eigenvalue weighted by Crippen LogP contribution is -2.21. The molecular weight excluding hydrogens is 222 g/mol. The molecule has 0 aliphatic heterocycles. The van der Waals surface area contributed by atoms with Crippen molar-refractivity contribution in [3.63, 3.8) is 0 Å². The Labute approximate surface area is 109 Å². The summed E-state index contributed by atoms with van der Waals surface area (Å²) in [6.07, 6.45) is 6.76. The molecule has 2 rings (SSSR count). The van der Waals surface area contributed by atoms with Gasteiger partial charge in [-0.1, -0.05) is 44.9 Å². The van der Waals surface area contributed by atoms with Gasteiger partial charge in [-0.25, -0.2) is 0 Å². The lowest BCUT2D eigenvalue weighted by molar-refractivity contribution is 0.476. The van der Waals surface area contributed by atoms with E-state index in [0.717, 1.165) is 12.1 Å². The van der Waals surface area contributed by atoms with E-state index in [0.29, 0.717) is 6.04 Å². The Bertz CT molecular complexity index is 467. The average Bonchev–Trinajstić information content (AvgIpc) is 2.83. The first-order valence-corrected chi connectivity index (χ1v) is 7.06. The fourth-order valence-corrected chi connectivity index (χ4v) is 2.36. The third-order valence-electron chi connectivity index (χ3n) is 3.37. The zero-order chi connectivity index (χ0) is 12.8. The highest BCUT2D eigenvalue weighted by Crippen LogP contribution is 2.29. The molecule has 2 nitrogen and oxygen atoms in total. The lowest BCUT2D eigenvalue weighted by Gasteiger charge is -2.17. The van der Waals surface area contributed by atoms with Crippen LogP contribution in [-0.4, -0.2) is 6.54 Å². The third-order valence-corrected chi connectivity index (χ3v) is 3.37. The average molecular weight is 245 g/mol. The highest BCUT2D eigenvalue weighted by atomic mass is 16.3. The van der Waals surface area contributed by atoms with Gasteiger partial charge < -0.3 is 9.73 Å². The normalized spacial score (nSPS) is 13.0. The molecule has 1 aromatic carbocycles. The van der Waals surface area contributed by atoms with Gasteiger partial charge in [0.2, 0.25) is 0 Å². The molecule has 1 unspecified atom stereocenters. The van der Waals surface area contributed by atoms with Crippen LogP contribution in [0, 0.1) is 0 Å². The maximum atomic E-state index is 5.65. The van der Waals surface area contributed by atoms with E-state index in [1.807, 2.05) is 18.4 Å². The van der Waals surface area contributed by atoms with Gasteiger partial charge >= 0.3 is 0 Å². The van der Waals surface area contributed by atoms with Crippen LogP contribution in [0.2, 0.25) is 0 Å². The standard InChI is InChI=1S/C16H23NO/c1-3-5-9-15(17-11-4-2)14-12-18-16-10-7-6-8-13(14)16/h6-8,10,12,15,17H,3-5,9,11H2,1-2H3. The van der Waals surface area contributed by atoms with E-state index in [1.165, 1.54) is 36.6 Å². The highest BCUT2D eigenvalue weighted by molar-refractivity contribution is 5.81. The Kier molecular flexibility index (Phi) is 4.82. The molecule has 0 radical (unpaired) electrons. The van der Waals surface area contributed by atoms with E-state index >= 15 is 0 Å². The number of unbranched alkanes of at least 4 members (excludes halogenated alkanes) is 1. The van der Waals surface area contributed by atoms with Gasteiger partial charge in [-0.3, -0.25) is 0 Å². The van der Waals surface area contributed by atoms with E-state index in [4.69, 9.17) is 4.42 Å². The van der Waals surface area contributed by atoms with Crippen LogP contribution in [0.4, 0.5) is 0 Å². The van der Waals surface area contributed by atoms with Crippen LogP contribution in [-0.2, 0) is 0 Å². The van der Waals surface area contributed by atoms with Gasteiger partial charge in [0.05, 0.1) is 6.26 Å². The SMILES string of the molecule is CCCCC(NCCC)c1coc2ccccc12. The maximum Gasteiger partial charge on any atom is 0.134 e. The molecule has 0 aliphatic rings. The molecule has 18 heavy (non-hydrogen) atoms. The van der Waals surface area contributed by atoms with Crippen molar-refractivity contribution in [2.75, 3.05) is 6.54 Å². The Hall–Kier alpha value is -1.28. The largest absolute Gasteiger partial charge is 0.464 e. The van der Waals surface area contributed by atoms with Gasteiger partial charge in [0, 0.05) is 17.0 Å². The second-order valence-electron chi connectivity index (χ2n) is 4.84. The van der Waals surface area contributed by atoms with Crippen molar-refractivity contribution in [2.24, 2.45) is 0 Å². The highest BCUT2D eigenvalue weighted by Gasteiger charge is 2.15. The maximum absolute atomic E-state index is 5.65. The zero-order valence-electron chi connectivity index (χ0n) is 11.4. The zero-order valence-corrected chi connectivity index (χ0v) is 11.4. The van der Waals surface area contributed by atoms with Crippen LogP contribution in [0.3, 0.4) is 0 Å². The van der Waals surface area contributed by atoms with Crippen molar-refractivity contribution in [1.82, 2.24) is 5.32 Å². The van der Waals surface area contributed by atoms with E-state index in [-0.39, 0.29) is 0 Å². The van der Waals surface area contributed by atoms with Crippen LogP contribution in [0.15, 0.2) is 34.9 Å². The molecule has 0 saturated carbocycles. The van der Waals surface area contributed by atoms with E-state index in [1.54, 1.807) is 0 Å². The molecule has 0 aliphatic carbocycles. The minimum absolute atomic E-state index is 0.425. The molecule has 1 atom stereocenters. The fourth-order valence-electron chi connectivity index (χ4n) is 2.36. The van der Waals surface area contributed by atoms with Crippen molar-refractivity contribution < 1.29 is 4.42 Å². The van der Waals surface area contributed by atoms with Gasteiger partial charge in [-0.05, 0) is 25.5 Å². The summed E-state index contributed by atoms with van der Waals surface area (Å²) < 4.78 is 5.65. The lowest BCUT2D eigenvalue weighted by atomic mass is 10.0. The third kappa shape index (κ3) is 2.94. The van der Waals surface area contributed by atoms with E-state index in [9.17, 15) is 0 Å². The number of rotatable bonds is 7. The Morgan fingerprint density at radius 3 is 2.78 bits per heavy atom. The van der Waals surface area contributed by atoms with Crippen LogP contribution < -0.4 is 5.32 Å². The quantitative estimate of drug-likeness (QED) is 0.767. The summed E-state index contributed by atoms with van der Waals surface area (Å²) in [5.74, 6) is 0. The van der Waals surface area contributed by atoms with E-state index < -0.39 is 0 Å². The Morgan fingerprint density at radius 2 is 2.00 bits per heavy atom. The molecule has 0 fully saturated rings. The Balaban J connectivity index is 2.22. The van der Waals surface area contributed by atoms with Gasteiger partial charge in [0.15, 0.2) is 0 Å². The molecular formula is C16H23NO. The van der Waals surface area contributed by atoms with Gasteiger partial charge in [0.1, 0.15) is 5.58 Å². The number of fused-ring (bicyclic) bond motifs is 1. The summed E-state index contributed by atoms with van der Waals surface area (Å²) in [6, 6.07) is 8.72.